The number of amides is 1. The molecule has 2 unspecified atom stereocenters. The Hall–Kier alpha value is -1.34. The van der Waals surface area contributed by atoms with Crippen molar-refractivity contribution in [3.05, 3.63) is 0 Å². The number of rotatable bonds is 23. The molecule has 0 bridgehead atoms. The lowest BCUT2D eigenvalue weighted by molar-refractivity contribution is -0.143. The Kier molecular flexibility index (Phi) is 22.7. The van der Waals surface area contributed by atoms with Gasteiger partial charge in [0, 0.05) is 6.42 Å². The predicted molar refractivity (Wildman–Crippen MR) is 140 cm³/mol. The summed E-state index contributed by atoms with van der Waals surface area (Å²) in [5, 5.41) is 20.3. The van der Waals surface area contributed by atoms with Gasteiger partial charge < -0.3 is 21.3 Å². The van der Waals surface area contributed by atoms with E-state index in [2.05, 4.69) is 12.2 Å². The van der Waals surface area contributed by atoms with Crippen LogP contribution in [0.2, 0.25) is 0 Å². The van der Waals surface area contributed by atoms with Gasteiger partial charge in [0.05, 0.1) is 5.54 Å². The molecule has 0 aromatic carbocycles. The van der Waals surface area contributed by atoms with Gasteiger partial charge in [-0.1, -0.05) is 110 Å². The highest BCUT2D eigenvalue weighted by Gasteiger charge is 2.31. The summed E-state index contributed by atoms with van der Waals surface area (Å²) in [4.78, 5) is 34.3. The first kappa shape index (κ1) is 34.8. The third-order valence-electron chi connectivity index (χ3n) is 6.32. The van der Waals surface area contributed by atoms with Crippen LogP contribution in [-0.4, -0.2) is 39.6 Å². The third kappa shape index (κ3) is 20.1. The minimum absolute atomic E-state index is 0. The molecule has 0 rings (SSSR count). The lowest BCUT2D eigenvalue weighted by Gasteiger charge is -2.25. The number of hydrogen-bond donors (Lipinski definition) is 4. The summed E-state index contributed by atoms with van der Waals surface area (Å²) >= 11 is 0. The molecule has 0 saturated carbocycles. The number of nitrogens with one attached hydrogen (secondary N) is 1. The summed E-state index contributed by atoms with van der Waals surface area (Å²) in [5.74, 6) is -2.89. The number of nitrogens with two attached hydrogens (primary N) is 1. The molecule has 0 aliphatic carbocycles. The van der Waals surface area contributed by atoms with Crippen LogP contribution in [0.15, 0.2) is 0 Å². The van der Waals surface area contributed by atoms with Gasteiger partial charge in [-0.2, -0.15) is 0 Å². The van der Waals surface area contributed by atoms with Gasteiger partial charge in [0.25, 0.3) is 0 Å². The van der Waals surface area contributed by atoms with E-state index in [1.54, 1.807) is 6.92 Å². The fourth-order valence-electron chi connectivity index (χ4n) is 4.00. The van der Waals surface area contributed by atoms with E-state index in [4.69, 9.17) is 10.8 Å². The van der Waals surface area contributed by atoms with Crippen LogP contribution in [0, 0.1) is 0 Å². The average Bonchev–Trinajstić information content (AvgIpc) is 2.75. The minimum Gasteiger partial charge on any atom is -0.481 e. The molecular weight excluding hydrogens is 456 g/mol. The van der Waals surface area contributed by atoms with Gasteiger partial charge in [0.2, 0.25) is 5.91 Å². The van der Waals surface area contributed by atoms with Gasteiger partial charge in [-0.25, -0.2) is 4.79 Å². The Morgan fingerprint density at radius 1 is 0.765 bits per heavy atom. The first-order valence-electron chi connectivity index (χ1n) is 13.2. The molecule has 0 radical (unpaired) electrons. The van der Waals surface area contributed by atoms with Crippen molar-refractivity contribution in [3.8, 4) is 0 Å². The number of carboxylic acids is 2. The maximum Gasteiger partial charge on any atom is 0.326 e. The summed E-state index contributed by atoms with van der Waals surface area (Å²) in [5.41, 5.74) is 4.94. The van der Waals surface area contributed by atoms with Gasteiger partial charge in [-0.05, 0) is 19.8 Å². The van der Waals surface area contributed by atoms with Gasteiger partial charge >= 0.3 is 11.9 Å². The summed E-state index contributed by atoms with van der Waals surface area (Å²) in [6, 6.07) is -1.23. The van der Waals surface area contributed by atoms with Crippen molar-refractivity contribution in [2.75, 3.05) is 0 Å². The Bertz CT molecular complexity index is 543. The molecule has 0 fully saturated rings. The summed E-state index contributed by atoms with van der Waals surface area (Å²) < 4.78 is 0. The van der Waals surface area contributed by atoms with E-state index in [1.807, 2.05) is 0 Å². The normalized spacial score (nSPS) is 13.5. The summed E-state index contributed by atoms with van der Waals surface area (Å²) in [6.45, 7) is 3.86. The zero-order valence-corrected chi connectivity index (χ0v) is 22.4. The van der Waals surface area contributed by atoms with Crippen LogP contribution in [0.1, 0.15) is 136 Å². The van der Waals surface area contributed by atoms with Gasteiger partial charge in [-0.3, -0.25) is 9.59 Å². The summed E-state index contributed by atoms with van der Waals surface area (Å²) in [6.07, 6.45) is 20.4. The second-order valence-electron chi connectivity index (χ2n) is 9.77. The standard InChI is InChI=1S/C26H50N2O5.ClH/c1-3-4-5-6-7-8-9-10-11-12-13-14-15-16-17-18-21-26(2,27)25(33)28-22(24(31)32)19-20-23(29)30;/h22H,3-21,27H2,1-2H3,(H,28,33)(H,29,30)(H,31,32);1H. The quantitative estimate of drug-likeness (QED) is 0.122. The van der Waals surface area contributed by atoms with E-state index in [9.17, 15) is 19.5 Å². The van der Waals surface area contributed by atoms with Crippen LogP contribution in [0.5, 0.6) is 0 Å². The maximum atomic E-state index is 12.4. The zero-order valence-electron chi connectivity index (χ0n) is 21.6. The molecule has 7 nitrogen and oxygen atoms in total. The smallest absolute Gasteiger partial charge is 0.326 e. The largest absolute Gasteiger partial charge is 0.481 e. The number of carboxylic acid groups (broad SMARTS) is 2. The number of halogens is 1. The SMILES string of the molecule is CCCCCCCCCCCCCCCCCCC(C)(N)C(=O)NC(CCC(=O)O)C(=O)O.Cl. The molecule has 5 N–H and O–H groups in total. The summed E-state index contributed by atoms with van der Waals surface area (Å²) in [7, 11) is 0. The van der Waals surface area contributed by atoms with Crippen molar-refractivity contribution in [1.29, 1.82) is 0 Å². The number of aliphatic carboxylic acids is 2. The third-order valence-corrected chi connectivity index (χ3v) is 6.32. The first-order chi connectivity index (χ1) is 15.7. The van der Waals surface area contributed by atoms with E-state index >= 15 is 0 Å². The van der Waals surface area contributed by atoms with Crippen molar-refractivity contribution >= 4 is 30.3 Å². The Balaban J connectivity index is 0. The molecule has 0 aromatic heterocycles. The second kappa shape index (κ2) is 22.1. The highest BCUT2D eigenvalue weighted by Crippen LogP contribution is 2.17. The van der Waals surface area contributed by atoms with Crippen molar-refractivity contribution < 1.29 is 24.6 Å². The fourth-order valence-corrected chi connectivity index (χ4v) is 4.00. The minimum atomic E-state index is -1.25. The van der Waals surface area contributed by atoms with E-state index in [0.717, 1.165) is 19.3 Å². The molecule has 0 aromatic rings. The van der Waals surface area contributed by atoms with Crippen LogP contribution >= 0.6 is 12.4 Å². The topological polar surface area (TPSA) is 130 Å². The number of hydrogen-bond acceptors (Lipinski definition) is 4. The molecule has 0 heterocycles. The number of carbonyl (C=O) groups excluding carboxylic acids is 1. The molecule has 34 heavy (non-hydrogen) atoms. The van der Waals surface area contributed by atoms with Crippen LogP contribution in [0.4, 0.5) is 0 Å². The van der Waals surface area contributed by atoms with E-state index < -0.39 is 29.4 Å². The van der Waals surface area contributed by atoms with Crippen molar-refractivity contribution in [2.24, 2.45) is 5.73 Å². The molecule has 2 atom stereocenters. The maximum absolute atomic E-state index is 12.4. The Morgan fingerprint density at radius 2 is 1.15 bits per heavy atom. The number of carbonyl (C=O) groups is 3. The highest BCUT2D eigenvalue weighted by molar-refractivity contribution is 5.89. The monoisotopic (exact) mass is 506 g/mol. The van der Waals surface area contributed by atoms with Crippen LogP contribution in [0.25, 0.3) is 0 Å². The molecule has 0 spiro atoms. The first-order valence-corrected chi connectivity index (χ1v) is 13.2. The fraction of sp³-hybridized carbons (Fsp3) is 0.885. The van der Waals surface area contributed by atoms with Crippen molar-refractivity contribution in [3.63, 3.8) is 0 Å². The van der Waals surface area contributed by atoms with Crippen LogP contribution in [0.3, 0.4) is 0 Å². The average molecular weight is 507 g/mol. The molecule has 0 aliphatic rings. The predicted octanol–water partition coefficient (Wildman–Crippen LogP) is 6.21. The van der Waals surface area contributed by atoms with Gasteiger partial charge in [-0.15, -0.1) is 12.4 Å². The Labute approximate surface area is 213 Å². The molecule has 0 saturated heterocycles. The number of unbranched alkanes of at least 4 members (excludes halogenated alkanes) is 15. The molecule has 1 amide bonds. The van der Waals surface area contributed by atoms with Crippen molar-refractivity contribution in [2.45, 2.75) is 147 Å². The van der Waals surface area contributed by atoms with Crippen molar-refractivity contribution in [1.82, 2.24) is 5.32 Å². The van der Waals surface area contributed by atoms with Crippen LogP contribution < -0.4 is 11.1 Å². The molecule has 202 valence electrons. The second-order valence-corrected chi connectivity index (χ2v) is 9.77. The molecule has 8 heteroatoms. The highest BCUT2D eigenvalue weighted by atomic mass is 35.5. The van der Waals surface area contributed by atoms with Crippen LogP contribution in [-0.2, 0) is 14.4 Å². The lowest BCUT2D eigenvalue weighted by atomic mass is 9.93. The zero-order chi connectivity index (χ0) is 25.0. The van der Waals surface area contributed by atoms with Gasteiger partial charge in [0.15, 0.2) is 0 Å². The lowest BCUT2D eigenvalue weighted by Crippen LogP contribution is -2.55. The van der Waals surface area contributed by atoms with E-state index in [0.29, 0.717) is 6.42 Å². The van der Waals surface area contributed by atoms with E-state index in [1.165, 1.54) is 83.5 Å². The van der Waals surface area contributed by atoms with E-state index in [-0.39, 0.29) is 25.2 Å². The van der Waals surface area contributed by atoms with Gasteiger partial charge in [0.1, 0.15) is 6.04 Å². The Morgan fingerprint density at radius 3 is 1.50 bits per heavy atom. The molecule has 0 aliphatic heterocycles. The molecular formula is C26H51ClN2O5.